The lowest BCUT2D eigenvalue weighted by molar-refractivity contribution is 0.356. The molecular formula is C15H14FNO4S. The molecule has 0 saturated carbocycles. The Labute approximate surface area is 127 Å². The predicted octanol–water partition coefficient (Wildman–Crippen LogP) is 2.57. The van der Waals surface area contributed by atoms with Gasteiger partial charge < -0.3 is 9.47 Å². The van der Waals surface area contributed by atoms with Gasteiger partial charge in [-0.1, -0.05) is 0 Å². The molecule has 2 aromatic rings. The second kappa shape index (κ2) is 5.49. The van der Waals surface area contributed by atoms with Crippen LogP contribution >= 0.6 is 0 Å². The van der Waals surface area contributed by atoms with Crippen molar-refractivity contribution in [1.82, 2.24) is 0 Å². The molecular weight excluding hydrogens is 309 g/mol. The molecule has 22 heavy (non-hydrogen) atoms. The predicted molar refractivity (Wildman–Crippen MR) is 79.4 cm³/mol. The van der Waals surface area contributed by atoms with Crippen molar-refractivity contribution in [3.8, 4) is 11.5 Å². The van der Waals surface area contributed by atoms with Crippen LogP contribution < -0.4 is 14.2 Å². The number of ether oxygens (including phenoxy) is 2. The lowest BCUT2D eigenvalue weighted by Gasteiger charge is -2.12. The second-order valence-corrected chi connectivity index (χ2v) is 6.50. The Morgan fingerprint density at radius 3 is 2.82 bits per heavy atom. The van der Waals surface area contributed by atoms with Gasteiger partial charge in [0.1, 0.15) is 17.3 Å². The summed E-state index contributed by atoms with van der Waals surface area (Å²) >= 11 is 0. The number of hydrogen-bond acceptors (Lipinski definition) is 4. The normalized spacial score (nSPS) is 13.4. The molecule has 0 aliphatic carbocycles. The Morgan fingerprint density at radius 2 is 2.05 bits per heavy atom. The van der Waals surface area contributed by atoms with E-state index in [1.54, 1.807) is 12.1 Å². The number of nitrogens with one attached hydrogen (secondary N) is 1. The van der Waals surface area contributed by atoms with E-state index < -0.39 is 15.8 Å². The summed E-state index contributed by atoms with van der Waals surface area (Å²) in [6.07, 6.45) is 0.679. The monoisotopic (exact) mass is 323 g/mol. The first-order chi connectivity index (χ1) is 10.5. The van der Waals surface area contributed by atoms with Crippen molar-refractivity contribution in [3.63, 3.8) is 0 Å². The molecule has 5 nitrogen and oxygen atoms in total. The van der Waals surface area contributed by atoms with Crippen LogP contribution in [0.15, 0.2) is 41.3 Å². The summed E-state index contributed by atoms with van der Waals surface area (Å²) in [5, 5.41) is 0. The average Bonchev–Trinajstić information content (AvgIpc) is 2.96. The zero-order valence-electron chi connectivity index (χ0n) is 11.8. The van der Waals surface area contributed by atoms with Gasteiger partial charge in [-0.05, 0) is 35.9 Å². The zero-order chi connectivity index (χ0) is 15.7. The minimum absolute atomic E-state index is 0.119. The fourth-order valence-electron chi connectivity index (χ4n) is 2.28. The van der Waals surface area contributed by atoms with Crippen molar-refractivity contribution in [1.29, 1.82) is 0 Å². The summed E-state index contributed by atoms with van der Waals surface area (Å²) in [6.45, 7) is 0.554. The molecule has 0 spiro atoms. The maximum Gasteiger partial charge on any atom is 0.262 e. The van der Waals surface area contributed by atoms with Crippen molar-refractivity contribution >= 4 is 15.7 Å². The number of fused-ring (bicyclic) bond motifs is 1. The molecule has 0 amide bonds. The summed E-state index contributed by atoms with van der Waals surface area (Å²) in [5.41, 5.74) is 1.04. The molecule has 0 saturated heterocycles. The van der Waals surface area contributed by atoms with Crippen molar-refractivity contribution in [2.75, 3.05) is 18.4 Å². The van der Waals surface area contributed by atoms with Crippen LogP contribution in [0.1, 0.15) is 5.56 Å². The smallest absolute Gasteiger partial charge is 0.262 e. The molecule has 1 heterocycles. The summed E-state index contributed by atoms with van der Waals surface area (Å²) in [5.74, 6) is 0.320. The maximum absolute atomic E-state index is 13.2. The van der Waals surface area contributed by atoms with E-state index in [1.165, 1.54) is 19.2 Å². The van der Waals surface area contributed by atoms with E-state index in [1.807, 2.05) is 0 Å². The third kappa shape index (κ3) is 2.71. The number of methoxy groups -OCH3 is 1. The highest BCUT2D eigenvalue weighted by atomic mass is 32.2. The Kier molecular flexibility index (Phi) is 3.66. The Balaban J connectivity index is 1.94. The summed E-state index contributed by atoms with van der Waals surface area (Å²) in [6, 6.07) is 8.30. The number of anilines is 1. The van der Waals surface area contributed by atoms with Crippen LogP contribution in [0.3, 0.4) is 0 Å². The number of halogens is 1. The highest BCUT2D eigenvalue weighted by Crippen LogP contribution is 2.30. The fraction of sp³-hybridized carbons (Fsp3) is 0.200. The van der Waals surface area contributed by atoms with Crippen molar-refractivity contribution in [2.45, 2.75) is 11.3 Å². The summed E-state index contributed by atoms with van der Waals surface area (Å²) < 4.78 is 50.8. The minimum atomic E-state index is -3.79. The summed E-state index contributed by atoms with van der Waals surface area (Å²) in [7, 11) is -2.44. The van der Waals surface area contributed by atoms with Gasteiger partial charge in [0.15, 0.2) is 0 Å². The molecule has 0 radical (unpaired) electrons. The standard InChI is InChI=1S/C15H14FNO4S/c1-20-15-9-11(16)2-4-13(15)17-22(18,19)12-3-5-14-10(8-12)6-7-21-14/h2-5,8-9,17H,6-7H2,1H3. The lowest BCUT2D eigenvalue weighted by atomic mass is 10.2. The molecule has 0 atom stereocenters. The third-order valence-electron chi connectivity index (χ3n) is 3.38. The quantitative estimate of drug-likeness (QED) is 0.939. The SMILES string of the molecule is COc1cc(F)ccc1NS(=O)(=O)c1ccc2c(c1)CCO2. The van der Waals surface area contributed by atoms with Gasteiger partial charge in [-0.15, -0.1) is 0 Å². The van der Waals surface area contributed by atoms with Gasteiger partial charge in [0.25, 0.3) is 10.0 Å². The average molecular weight is 323 g/mol. The van der Waals surface area contributed by atoms with Crippen LogP contribution in [0.25, 0.3) is 0 Å². The Hall–Kier alpha value is -2.28. The van der Waals surface area contributed by atoms with Gasteiger partial charge >= 0.3 is 0 Å². The third-order valence-corrected chi connectivity index (χ3v) is 4.74. The van der Waals surface area contributed by atoms with Gasteiger partial charge in [0, 0.05) is 12.5 Å². The maximum atomic E-state index is 13.2. The first-order valence-corrected chi connectivity index (χ1v) is 8.10. The van der Waals surface area contributed by atoms with Crippen LogP contribution in [0.4, 0.5) is 10.1 Å². The minimum Gasteiger partial charge on any atom is -0.494 e. The molecule has 3 rings (SSSR count). The first kappa shape index (κ1) is 14.6. The van der Waals surface area contributed by atoms with Crippen LogP contribution in [-0.4, -0.2) is 22.1 Å². The summed E-state index contributed by atoms with van der Waals surface area (Å²) in [4.78, 5) is 0.128. The van der Waals surface area contributed by atoms with E-state index in [4.69, 9.17) is 9.47 Å². The van der Waals surface area contributed by atoms with E-state index in [2.05, 4.69) is 4.72 Å². The van der Waals surface area contributed by atoms with E-state index >= 15 is 0 Å². The van der Waals surface area contributed by atoms with Crippen LogP contribution in [0, 0.1) is 5.82 Å². The van der Waals surface area contributed by atoms with Crippen LogP contribution in [-0.2, 0) is 16.4 Å². The number of benzene rings is 2. The Morgan fingerprint density at radius 1 is 1.23 bits per heavy atom. The molecule has 0 bridgehead atoms. The zero-order valence-corrected chi connectivity index (χ0v) is 12.6. The van der Waals surface area contributed by atoms with E-state index in [9.17, 15) is 12.8 Å². The number of hydrogen-bond donors (Lipinski definition) is 1. The molecule has 0 aromatic heterocycles. The van der Waals surface area contributed by atoms with E-state index in [0.29, 0.717) is 18.8 Å². The topological polar surface area (TPSA) is 64.6 Å². The molecule has 1 aliphatic rings. The molecule has 1 aliphatic heterocycles. The van der Waals surface area contributed by atoms with Crippen molar-refractivity contribution < 1.29 is 22.3 Å². The number of rotatable bonds is 4. The first-order valence-electron chi connectivity index (χ1n) is 6.62. The fourth-order valence-corrected chi connectivity index (χ4v) is 3.40. The highest BCUT2D eigenvalue weighted by Gasteiger charge is 2.20. The van der Waals surface area contributed by atoms with Crippen LogP contribution in [0.2, 0.25) is 0 Å². The van der Waals surface area contributed by atoms with Gasteiger partial charge in [-0.2, -0.15) is 0 Å². The van der Waals surface area contributed by atoms with Gasteiger partial charge in [0.05, 0.1) is 24.3 Å². The van der Waals surface area contributed by atoms with Crippen molar-refractivity contribution in [3.05, 3.63) is 47.8 Å². The lowest BCUT2D eigenvalue weighted by Crippen LogP contribution is -2.14. The Bertz CT molecular complexity index is 820. The molecule has 116 valence electrons. The van der Waals surface area contributed by atoms with E-state index in [0.717, 1.165) is 17.7 Å². The van der Waals surface area contributed by atoms with E-state index in [-0.39, 0.29) is 16.3 Å². The second-order valence-electron chi connectivity index (χ2n) is 4.82. The molecule has 0 unspecified atom stereocenters. The molecule has 2 aromatic carbocycles. The van der Waals surface area contributed by atoms with Gasteiger partial charge in [0.2, 0.25) is 0 Å². The van der Waals surface area contributed by atoms with Gasteiger partial charge in [-0.3, -0.25) is 4.72 Å². The van der Waals surface area contributed by atoms with Gasteiger partial charge in [-0.25, -0.2) is 12.8 Å². The molecule has 7 heteroatoms. The van der Waals surface area contributed by atoms with Crippen LogP contribution in [0.5, 0.6) is 11.5 Å². The largest absolute Gasteiger partial charge is 0.494 e. The molecule has 1 N–H and O–H groups in total. The molecule has 0 fully saturated rings. The highest BCUT2D eigenvalue weighted by molar-refractivity contribution is 7.92. The van der Waals surface area contributed by atoms with Crippen molar-refractivity contribution in [2.24, 2.45) is 0 Å². The number of sulfonamides is 1.